The first kappa shape index (κ1) is 20.6. The molecule has 1 aromatic carbocycles. The van der Waals surface area contributed by atoms with Gasteiger partial charge in [0.05, 0.1) is 12.2 Å². The number of hydrazine groups is 1. The van der Waals surface area contributed by atoms with Crippen LogP contribution in [0.4, 0.5) is 4.39 Å². The molecule has 0 bridgehead atoms. The van der Waals surface area contributed by atoms with Crippen LogP contribution in [0.3, 0.4) is 0 Å². The van der Waals surface area contributed by atoms with Crippen molar-refractivity contribution < 1.29 is 19.1 Å². The molecule has 0 spiro atoms. The Balaban J connectivity index is 1.59. The Kier molecular flexibility index (Phi) is 5.92. The van der Waals surface area contributed by atoms with Crippen molar-refractivity contribution in [2.24, 2.45) is 0 Å². The van der Waals surface area contributed by atoms with E-state index in [1.54, 1.807) is 6.07 Å². The lowest BCUT2D eigenvalue weighted by atomic mass is 10.0. The van der Waals surface area contributed by atoms with Gasteiger partial charge in [0.25, 0.3) is 11.8 Å². The highest BCUT2D eigenvalue weighted by Crippen LogP contribution is 2.28. The number of benzene rings is 1. The normalized spacial score (nSPS) is 22.2. The quantitative estimate of drug-likeness (QED) is 0.613. The summed E-state index contributed by atoms with van der Waals surface area (Å²) in [5.74, 6) is -1.82. The largest absolute Gasteiger partial charge is 0.372 e. The molecule has 1 aromatic rings. The van der Waals surface area contributed by atoms with Crippen molar-refractivity contribution in [3.05, 3.63) is 46.5 Å². The molecule has 0 aromatic heterocycles. The number of nitrogens with one attached hydrogen (secondary N) is 2. The second kappa shape index (κ2) is 8.06. The van der Waals surface area contributed by atoms with Crippen molar-refractivity contribution in [3.63, 3.8) is 0 Å². The van der Waals surface area contributed by atoms with Crippen molar-refractivity contribution in [2.75, 3.05) is 19.6 Å². The lowest BCUT2D eigenvalue weighted by molar-refractivity contribution is -0.153. The third-order valence-electron chi connectivity index (χ3n) is 4.93. The Morgan fingerprint density at radius 2 is 2.18 bits per heavy atom. The first-order valence-corrected chi connectivity index (χ1v) is 9.58. The second-order valence-electron chi connectivity index (χ2n) is 7.31. The number of carbonyl (C=O) groups excluding carboxylic acids is 2. The lowest BCUT2D eigenvalue weighted by Gasteiger charge is -2.22. The van der Waals surface area contributed by atoms with Crippen LogP contribution in [0.25, 0.3) is 0 Å². The number of rotatable bonds is 6. The Morgan fingerprint density at radius 3 is 2.82 bits per heavy atom. The van der Waals surface area contributed by atoms with Gasteiger partial charge in [-0.1, -0.05) is 11.6 Å². The van der Waals surface area contributed by atoms with E-state index in [4.69, 9.17) is 11.6 Å². The highest BCUT2D eigenvalue weighted by atomic mass is 35.5. The summed E-state index contributed by atoms with van der Waals surface area (Å²) < 4.78 is 13.4. The fourth-order valence-electron chi connectivity index (χ4n) is 3.33. The van der Waals surface area contributed by atoms with Crippen LogP contribution in [-0.2, 0) is 16.0 Å². The van der Waals surface area contributed by atoms with E-state index in [2.05, 4.69) is 10.7 Å². The van der Waals surface area contributed by atoms with Crippen LogP contribution >= 0.6 is 11.6 Å². The van der Waals surface area contributed by atoms with E-state index >= 15 is 0 Å². The molecule has 0 aliphatic carbocycles. The van der Waals surface area contributed by atoms with Crippen LogP contribution in [0.1, 0.15) is 25.8 Å². The molecule has 1 atom stereocenters. The second-order valence-corrected chi connectivity index (χ2v) is 7.74. The summed E-state index contributed by atoms with van der Waals surface area (Å²) in [4.78, 5) is 26.6. The molecule has 1 fully saturated rings. The number of hydrogen-bond acceptors (Lipinski definition) is 5. The van der Waals surface area contributed by atoms with E-state index in [0.29, 0.717) is 18.5 Å². The lowest BCUT2D eigenvalue weighted by Crippen LogP contribution is -2.52. The van der Waals surface area contributed by atoms with E-state index in [0.717, 1.165) is 5.70 Å². The number of carbonyl (C=O) groups is 2. The minimum atomic E-state index is -2.09. The van der Waals surface area contributed by atoms with E-state index in [1.807, 2.05) is 25.1 Å². The molecule has 1 saturated heterocycles. The maximum Gasteiger partial charge on any atom is 0.268 e. The maximum absolute atomic E-state index is 13.4. The minimum absolute atomic E-state index is 0.0163. The molecule has 9 heteroatoms. The highest BCUT2D eigenvalue weighted by Gasteiger charge is 2.52. The number of aliphatic hydroxyl groups is 1. The van der Waals surface area contributed by atoms with Gasteiger partial charge in [0.1, 0.15) is 5.82 Å². The van der Waals surface area contributed by atoms with Gasteiger partial charge < -0.3 is 20.3 Å². The summed E-state index contributed by atoms with van der Waals surface area (Å²) in [6, 6.07) is 4.35. The monoisotopic (exact) mass is 410 g/mol. The molecule has 0 saturated carbocycles. The molecule has 0 radical (unpaired) electrons. The third-order valence-corrected chi connectivity index (χ3v) is 5.15. The molecule has 2 aliphatic rings. The summed E-state index contributed by atoms with van der Waals surface area (Å²) in [7, 11) is 0. The molecular formula is C19H24ClFN4O3. The van der Waals surface area contributed by atoms with Crippen molar-refractivity contribution in [3.8, 4) is 0 Å². The van der Waals surface area contributed by atoms with Crippen LogP contribution in [-0.4, -0.2) is 58.1 Å². The predicted molar refractivity (Wildman–Crippen MR) is 102 cm³/mol. The maximum atomic E-state index is 13.4. The summed E-state index contributed by atoms with van der Waals surface area (Å²) in [6.45, 7) is 4.89. The Bertz CT molecular complexity index is 796. The van der Waals surface area contributed by atoms with Gasteiger partial charge in [0, 0.05) is 36.8 Å². The third kappa shape index (κ3) is 4.14. The number of likely N-dealkylation sites (tertiary alicyclic amines) is 1. The summed E-state index contributed by atoms with van der Waals surface area (Å²) >= 11 is 5.81. The molecule has 152 valence electrons. The summed E-state index contributed by atoms with van der Waals surface area (Å²) in [6.07, 6.45) is 2.16. The minimum Gasteiger partial charge on any atom is -0.372 e. The standard InChI is InChI=1S/C19H24ClFN4O3/c1-12(2)25-11-16(10-23-25)24-6-4-19(28,18(24)27)17(26)22-5-3-13-7-14(20)9-15(21)8-13/h7-9,11-12,23,28H,3-6,10H2,1-2H3,(H,22,26)/t19-/m0/s1. The van der Waals surface area contributed by atoms with Gasteiger partial charge in [-0.25, -0.2) is 9.82 Å². The van der Waals surface area contributed by atoms with Crippen molar-refractivity contribution in [1.82, 2.24) is 20.7 Å². The predicted octanol–water partition coefficient (Wildman–Crippen LogP) is 1.17. The van der Waals surface area contributed by atoms with E-state index in [-0.39, 0.29) is 30.6 Å². The fraction of sp³-hybridized carbons (Fsp3) is 0.474. The smallest absolute Gasteiger partial charge is 0.268 e. The van der Waals surface area contributed by atoms with Gasteiger partial charge in [0.15, 0.2) is 0 Å². The first-order chi connectivity index (χ1) is 13.2. The molecule has 2 heterocycles. The van der Waals surface area contributed by atoms with E-state index in [1.165, 1.54) is 17.0 Å². The Labute approximate surface area is 168 Å². The van der Waals surface area contributed by atoms with Crippen molar-refractivity contribution >= 4 is 23.4 Å². The van der Waals surface area contributed by atoms with Gasteiger partial charge in [-0.05, 0) is 44.0 Å². The molecule has 2 aliphatic heterocycles. The number of nitrogens with zero attached hydrogens (tertiary/aromatic N) is 2. The van der Waals surface area contributed by atoms with Gasteiger partial charge >= 0.3 is 0 Å². The zero-order valence-corrected chi connectivity index (χ0v) is 16.6. The van der Waals surface area contributed by atoms with Gasteiger partial charge in [-0.15, -0.1) is 0 Å². The fourth-order valence-corrected chi connectivity index (χ4v) is 3.58. The summed E-state index contributed by atoms with van der Waals surface area (Å²) in [5.41, 5.74) is 2.39. The SMILES string of the molecule is CC(C)N1C=C(N2CC[C@](O)(C(=O)NCCc3cc(F)cc(Cl)c3)C2=O)CN1. The topological polar surface area (TPSA) is 84.9 Å². The summed E-state index contributed by atoms with van der Waals surface area (Å²) in [5, 5.41) is 15.4. The molecule has 3 rings (SSSR count). The van der Waals surface area contributed by atoms with Crippen LogP contribution < -0.4 is 10.7 Å². The highest BCUT2D eigenvalue weighted by molar-refractivity contribution is 6.30. The van der Waals surface area contributed by atoms with Crippen molar-refractivity contribution in [2.45, 2.75) is 38.3 Å². The van der Waals surface area contributed by atoms with Crippen LogP contribution in [0, 0.1) is 5.82 Å². The van der Waals surface area contributed by atoms with Crippen LogP contribution in [0.15, 0.2) is 30.1 Å². The molecule has 28 heavy (non-hydrogen) atoms. The van der Waals surface area contributed by atoms with Crippen molar-refractivity contribution in [1.29, 1.82) is 0 Å². The molecule has 3 N–H and O–H groups in total. The zero-order valence-electron chi connectivity index (χ0n) is 15.8. The van der Waals surface area contributed by atoms with Gasteiger partial charge in [-0.3, -0.25) is 9.59 Å². The first-order valence-electron chi connectivity index (χ1n) is 9.21. The van der Waals surface area contributed by atoms with E-state index in [9.17, 15) is 19.1 Å². The van der Waals surface area contributed by atoms with E-state index < -0.39 is 23.2 Å². The molecule has 0 unspecified atom stereocenters. The Morgan fingerprint density at radius 1 is 1.43 bits per heavy atom. The van der Waals surface area contributed by atoms with Crippen LogP contribution in [0.2, 0.25) is 5.02 Å². The number of amides is 2. The van der Waals surface area contributed by atoms with Gasteiger partial charge in [0.2, 0.25) is 5.60 Å². The average Bonchev–Trinajstić information content (AvgIpc) is 3.21. The average molecular weight is 411 g/mol. The van der Waals surface area contributed by atoms with Crippen LogP contribution in [0.5, 0.6) is 0 Å². The zero-order chi connectivity index (χ0) is 20.5. The Hall–Kier alpha value is -2.16. The molecular weight excluding hydrogens is 387 g/mol. The van der Waals surface area contributed by atoms with Gasteiger partial charge in [-0.2, -0.15) is 0 Å². The number of hydrogen-bond donors (Lipinski definition) is 3. The molecule has 2 amide bonds. The number of halogens is 2. The molecule has 7 nitrogen and oxygen atoms in total.